The number of aryl methyl sites for hydroxylation is 1. The van der Waals surface area contributed by atoms with E-state index in [1.165, 1.54) is 10.8 Å². The van der Waals surface area contributed by atoms with Gasteiger partial charge >= 0.3 is 6.18 Å². The molecule has 0 aliphatic rings. The number of fused-ring (bicyclic) bond motifs is 1. The van der Waals surface area contributed by atoms with Crippen LogP contribution in [0.15, 0.2) is 12.3 Å². The topological polar surface area (TPSA) is 30.7 Å². The molecule has 18 heavy (non-hydrogen) atoms. The second-order valence-corrected chi connectivity index (χ2v) is 4.38. The smallest absolute Gasteiger partial charge is 0.311 e. The van der Waals surface area contributed by atoms with Gasteiger partial charge in [-0.05, 0) is 6.07 Å². The lowest BCUT2D eigenvalue weighted by molar-refractivity contribution is -0.136. The Labute approximate surface area is 111 Å². The molecule has 0 fully saturated rings. The van der Waals surface area contributed by atoms with E-state index in [2.05, 4.69) is 9.97 Å². The van der Waals surface area contributed by atoms with Crippen LogP contribution in [0, 0.1) is 0 Å². The molecule has 2 aromatic rings. The van der Waals surface area contributed by atoms with Crippen molar-refractivity contribution in [2.45, 2.75) is 25.0 Å². The maximum Gasteiger partial charge on any atom is 0.390 e. The van der Waals surface area contributed by atoms with Gasteiger partial charge in [-0.25, -0.2) is 9.97 Å². The molecule has 0 spiro atoms. The Morgan fingerprint density at radius 3 is 2.67 bits per heavy atom. The van der Waals surface area contributed by atoms with E-state index >= 15 is 0 Å². The summed E-state index contributed by atoms with van der Waals surface area (Å²) in [6.45, 7) is -0.253. The monoisotopic (exact) mass is 297 g/mol. The third-order valence-corrected chi connectivity index (χ3v) is 2.81. The number of imidazole rings is 1. The third-order valence-electron chi connectivity index (χ3n) is 2.37. The standard InChI is InChI=1S/C10H8Cl2F3N3/c11-4-8-17-7-3-6(12)5-16-9(7)18(8)2-1-10(13,14)15/h3,5H,1-2,4H2. The largest absolute Gasteiger partial charge is 0.390 e. The van der Waals surface area contributed by atoms with Crippen molar-refractivity contribution in [3.8, 4) is 0 Å². The second-order valence-electron chi connectivity index (χ2n) is 3.67. The molecule has 0 amide bonds. The van der Waals surface area contributed by atoms with Gasteiger partial charge < -0.3 is 4.57 Å². The Morgan fingerprint density at radius 1 is 1.33 bits per heavy atom. The van der Waals surface area contributed by atoms with Crippen molar-refractivity contribution in [2.24, 2.45) is 0 Å². The molecular weight excluding hydrogens is 290 g/mol. The van der Waals surface area contributed by atoms with Crippen LogP contribution in [0.5, 0.6) is 0 Å². The summed E-state index contributed by atoms with van der Waals surface area (Å²) in [7, 11) is 0. The van der Waals surface area contributed by atoms with Crippen LogP contribution >= 0.6 is 23.2 Å². The molecule has 0 atom stereocenters. The maximum atomic E-state index is 12.2. The first-order valence-corrected chi connectivity index (χ1v) is 5.95. The first kappa shape index (κ1) is 13.4. The quantitative estimate of drug-likeness (QED) is 0.807. The average Bonchev–Trinajstić information content (AvgIpc) is 2.62. The zero-order valence-electron chi connectivity index (χ0n) is 9.01. The van der Waals surface area contributed by atoms with E-state index < -0.39 is 12.6 Å². The zero-order chi connectivity index (χ0) is 13.3. The molecule has 2 heterocycles. The van der Waals surface area contributed by atoms with E-state index in [9.17, 15) is 13.2 Å². The Balaban J connectivity index is 2.41. The number of rotatable bonds is 3. The van der Waals surface area contributed by atoms with Gasteiger partial charge in [-0.3, -0.25) is 0 Å². The summed E-state index contributed by atoms with van der Waals surface area (Å²) < 4.78 is 38.1. The van der Waals surface area contributed by atoms with Gasteiger partial charge in [0.15, 0.2) is 5.65 Å². The highest BCUT2D eigenvalue weighted by Crippen LogP contribution is 2.24. The first-order valence-electron chi connectivity index (χ1n) is 5.04. The van der Waals surface area contributed by atoms with Gasteiger partial charge in [0.05, 0.1) is 17.3 Å². The molecule has 2 aromatic heterocycles. The van der Waals surface area contributed by atoms with Gasteiger partial charge in [0.25, 0.3) is 0 Å². The highest BCUT2D eigenvalue weighted by Gasteiger charge is 2.27. The highest BCUT2D eigenvalue weighted by molar-refractivity contribution is 6.31. The lowest BCUT2D eigenvalue weighted by atomic mass is 10.4. The minimum Gasteiger partial charge on any atom is -0.311 e. The first-order chi connectivity index (χ1) is 8.40. The van der Waals surface area contributed by atoms with Gasteiger partial charge in [-0.15, -0.1) is 11.6 Å². The van der Waals surface area contributed by atoms with E-state index in [1.54, 1.807) is 6.07 Å². The van der Waals surface area contributed by atoms with E-state index in [0.29, 0.717) is 22.0 Å². The maximum absolute atomic E-state index is 12.2. The number of halogens is 5. The van der Waals surface area contributed by atoms with E-state index in [4.69, 9.17) is 23.2 Å². The predicted octanol–water partition coefficient (Wildman–Crippen LogP) is 3.78. The van der Waals surface area contributed by atoms with Crippen molar-refractivity contribution >= 4 is 34.4 Å². The number of nitrogens with zero attached hydrogens (tertiary/aromatic N) is 3. The number of alkyl halides is 4. The molecule has 0 aromatic carbocycles. The predicted molar refractivity (Wildman–Crippen MR) is 62.8 cm³/mol. The zero-order valence-corrected chi connectivity index (χ0v) is 10.5. The molecule has 8 heteroatoms. The Hall–Kier alpha value is -1.01. The molecule has 0 unspecified atom stereocenters. The molecule has 98 valence electrons. The van der Waals surface area contributed by atoms with E-state index in [1.807, 2.05) is 0 Å². The summed E-state index contributed by atoms with van der Waals surface area (Å²) >= 11 is 11.4. The minimum atomic E-state index is -4.23. The van der Waals surface area contributed by atoms with Gasteiger partial charge in [0.2, 0.25) is 0 Å². The lowest BCUT2D eigenvalue weighted by Crippen LogP contribution is -2.13. The number of pyridine rings is 1. The molecule has 3 nitrogen and oxygen atoms in total. The van der Waals surface area contributed by atoms with Gasteiger partial charge in [0.1, 0.15) is 11.3 Å². The van der Waals surface area contributed by atoms with Crippen molar-refractivity contribution in [1.82, 2.24) is 14.5 Å². The van der Waals surface area contributed by atoms with Gasteiger partial charge in [-0.1, -0.05) is 11.6 Å². The molecule has 0 aliphatic carbocycles. The number of aromatic nitrogens is 3. The highest BCUT2D eigenvalue weighted by atomic mass is 35.5. The summed E-state index contributed by atoms with van der Waals surface area (Å²) in [5.41, 5.74) is 0.805. The number of hydrogen-bond donors (Lipinski definition) is 0. The second kappa shape index (κ2) is 4.93. The van der Waals surface area contributed by atoms with Crippen molar-refractivity contribution in [3.63, 3.8) is 0 Å². The van der Waals surface area contributed by atoms with Gasteiger partial charge in [-0.2, -0.15) is 13.2 Å². The van der Waals surface area contributed by atoms with E-state index in [-0.39, 0.29) is 12.4 Å². The van der Waals surface area contributed by atoms with Crippen LogP contribution in [0.4, 0.5) is 13.2 Å². The molecule has 0 bridgehead atoms. The fraction of sp³-hybridized carbons (Fsp3) is 0.400. The Kier molecular flexibility index (Phi) is 3.68. The van der Waals surface area contributed by atoms with Crippen LogP contribution in [0.2, 0.25) is 5.02 Å². The van der Waals surface area contributed by atoms with Crippen molar-refractivity contribution < 1.29 is 13.2 Å². The molecule has 0 aliphatic heterocycles. The van der Waals surface area contributed by atoms with Crippen LogP contribution in [0.1, 0.15) is 12.2 Å². The lowest BCUT2D eigenvalue weighted by Gasteiger charge is -2.09. The molecule has 0 N–H and O–H groups in total. The molecular formula is C10H8Cl2F3N3. The van der Waals surface area contributed by atoms with Crippen LogP contribution < -0.4 is 0 Å². The fourth-order valence-corrected chi connectivity index (χ4v) is 1.96. The number of hydrogen-bond acceptors (Lipinski definition) is 2. The summed E-state index contributed by atoms with van der Waals surface area (Å²) in [6.07, 6.45) is -3.81. The molecule has 0 radical (unpaired) electrons. The molecule has 0 saturated heterocycles. The Morgan fingerprint density at radius 2 is 2.06 bits per heavy atom. The van der Waals surface area contributed by atoms with Crippen molar-refractivity contribution in [3.05, 3.63) is 23.1 Å². The normalized spacial score (nSPS) is 12.3. The fourth-order valence-electron chi connectivity index (χ4n) is 1.61. The van der Waals surface area contributed by atoms with E-state index in [0.717, 1.165) is 0 Å². The van der Waals surface area contributed by atoms with Crippen molar-refractivity contribution in [1.29, 1.82) is 0 Å². The summed E-state index contributed by atoms with van der Waals surface area (Å²) in [5.74, 6) is 0.372. The van der Waals surface area contributed by atoms with Crippen LogP contribution in [0.25, 0.3) is 11.2 Å². The van der Waals surface area contributed by atoms with Crippen LogP contribution in [0.3, 0.4) is 0 Å². The summed E-state index contributed by atoms with van der Waals surface area (Å²) in [5, 5.41) is 0.379. The molecule has 2 rings (SSSR count). The Bertz CT molecular complexity index is 565. The minimum absolute atomic E-state index is 0.0197. The van der Waals surface area contributed by atoms with Gasteiger partial charge in [0, 0.05) is 12.7 Å². The van der Waals surface area contributed by atoms with Crippen LogP contribution in [-0.4, -0.2) is 20.7 Å². The summed E-state index contributed by atoms with van der Waals surface area (Å²) in [4.78, 5) is 8.10. The SMILES string of the molecule is FC(F)(F)CCn1c(CCl)nc2cc(Cl)cnc21. The van der Waals surface area contributed by atoms with Crippen molar-refractivity contribution in [2.75, 3.05) is 0 Å². The molecule has 0 saturated carbocycles. The third kappa shape index (κ3) is 2.87. The average molecular weight is 298 g/mol. The summed E-state index contributed by atoms with van der Waals surface area (Å²) in [6, 6.07) is 1.55. The van der Waals surface area contributed by atoms with Crippen LogP contribution in [-0.2, 0) is 12.4 Å².